The summed E-state index contributed by atoms with van der Waals surface area (Å²) in [6, 6.07) is 13.5. The minimum Gasteiger partial charge on any atom is -0.478 e. The van der Waals surface area contributed by atoms with Crippen molar-refractivity contribution in [1.82, 2.24) is 0 Å². The van der Waals surface area contributed by atoms with Gasteiger partial charge < -0.3 is 5.11 Å². The number of nitrogens with zero attached hydrogens (tertiary/aromatic N) is 1. The molecule has 0 saturated heterocycles. The molecule has 0 saturated carbocycles. The van der Waals surface area contributed by atoms with E-state index in [1.54, 1.807) is 12.1 Å². The molecule has 22 heavy (non-hydrogen) atoms. The number of para-hydroxylation sites is 1. The van der Waals surface area contributed by atoms with Crippen LogP contribution in [-0.4, -0.2) is 25.7 Å². The van der Waals surface area contributed by atoms with Gasteiger partial charge in [-0.3, -0.25) is 4.31 Å². The average Bonchev–Trinajstić information content (AvgIpc) is 2.43. The Morgan fingerprint density at radius 2 is 1.82 bits per heavy atom. The predicted molar refractivity (Wildman–Crippen MR) is 85.6 cm³/mol. The fourth-order valence-corrected chi connectivity index (χ4v) is 3.13. The molecule has 0 radical (unpaired) electrons. The van der Waals surface area contributed by atoms with Crippen LogP contribution in [0.15, 0.2) is 48.5 Å². The van der Waals surface area contributed by atoms with Crippen LogP contribution in [0.1, 0.15) is 21.5 Å². The predicted octanol–water partition coefficient (Wildman–Crippen LogP) is 2.66. The number of aromatic carboxylic acids is 1. The van der Waals surface area contributed by atoms with Gasteiger partial charge in [0.25, 0.3) is 0 Å². The van der Waals surface area contributed by atoms with Crippen LogP contribution in [0.5, 0.6) is 0 Å². The second-order valence-corrected chi connectivity index (χ2v) is 6.99. The molecule has 0 unspecified atom stereocenters. The highest BCUT2D eigenvalue weighted by Gasteiger charge is 2.23. The largest absolute Gasteiger partial charge is 0.478 e. The topological polar surface area (TPSA) is 74.7 Å². The van der Waals surface area contributed by atoms with Gasteiger partial charge >= 0.3 is 5.97 Å². The minimum absolute atomic E-state index is 0.0411. The highest BCUT2D eigenvalue weighted by atomic mass is 32.2. The van der Waals surface area contributed by atoms with Gasteiger partial charge in [0.1, 0.15) is 0 Å². The molecule has 6 heteroatoms. The maximum absolute atomic E-state index is 12.1. The van der Waals surface area contributed by atoms with Crippen molar-refractivity contribution in [3.63, 3.8) is 0 Å². The monoisotopic (exact) mass is 319 g/mol. The fraction of sp³-hybridized carbons (Fsp3) is 0.188. The van der Waals surface area contributed by atoms with Crippen molar-refractivity contribution in [2.45, 2.75) is 13.5 Å². The second kappa shape index (κ2) is 6.19. The molecule has 116 valence electrons. The van der Waals surface area contributed by atoms with Gasteiger partial charge in [0.05, 0.1) is 24.1 Å². The first-order chi connectivity index (χ1) is 10.3. The molecule has 2 aromatic carbocycles. The quantitative estimate of drug-likeness (QED) is 0.919. The molecule has 2 rings (SSSR count). The lowest BCUT2D eigenvalue weighted by Crippen LogP contribution is -2.30. The molecule has 0 atom stereocenters. The SMILES string of the molecule is Cc1cccc(CN(c2ccccc2C(=O)O)S(C)(=O)=O)c1. The van der Waals surface area contributed by atoms with Crippen molar-refractivity contribution in [2.75, 3.05) is 10.6 Å². The Kier molecular flexibility index (Phi) is 4.51. The number of benzene rings is 2. The Balaban J connectivity index is 2.51. The van der Waals surface area contributed by atoms with E-state index in [9.17, 15) is 18.3 Å². The van der Waals surface area contributed by atoms with Crippen molar-refractivity contribution < 1.29 is 18.3 Å². The average molecular weight is 319 g/mol. The van der Waals surface area contributed by atoms with E-state index < -0.39 is 16.0 Å². The van der Waals surface area contributed by atoms with E-state index in [4.69, 9.17) is 0 Å². The summed E-state index contributed by atoms with van der Waals surface area (Å²) in [5.74, 6) is -1.16. The first kappa shape index (κ1) is 16.0. The van der Waals surface area contributed by atoms with Gasteiger partial charge in [0, 0.05) is 0 Å². The molecular formula is C16H17NO4S. The molecule has 0 amide bonds. The van der Waals surface area contributed by atoms with Crippen LogP contribution in [0, 0.1) is 6.92 Å². The van der Waals surface area contributed by atoms with Gasteiger partial charge in [0.15, 0.2) is 0 Å². The lowest BCUT2D eigenvalue weighted by Gasteiger charge is -2.24. The Morgan fingerprint density at radius 3 is 2.41 bits per heavy atom. The Labute approximate surface area is 129 Å². The molecule has 0 fully saturated rings. The molecule has 0 aromatic heterocycles. The first-order valence-corrected chi connectivity index (χ1v) is 8.49. The van der Waals surface area contributed by atoms with Crippen molar-refractivity contribution in [2.24, 2.45) is 0 Å². The smallest absolute Gasteiger partial charge is 0.337 e. The van der Waals surface area contributed by atoms with Gasteiger partial charge in [-0.05, 0) is 24.6 Å². The maximum atomic E-state index is 12.1. The minimum atomic E-state index is -3.62. The number of sulfonamides is 1. The summed E-state index contributed by atoms with van der Waals surface area (Å²) in [6.45, 7) is 2.00. The summed E-state index contributed by atoms with van der Waals surface area (Å²) in [5.41, 5.74) is 1.93. The Morgan fingerprint density at radius 1 is 1.14 bits per heavy atom. The third-order valence-electron chi connectivity index (χ3n) is 3.21. The van der Waals surface area contributed by atoms with E-state index in [2.05, 4.69) is 0 Å². The van der Waals surface area contributed by atoms with Gasteiger partial charge in [0.2, 0.25) is 10.0 Å². The molecular weight excluding hydrogens is 302 g/mol. The first-order valence-electron chi connectivity index (χ1n) is 6.64. The summed E-state index contributed by atoms with van der Waals surface area (Å²) >= 11 is 0. The van der Waals surface area contributed by atoms with E-state index in [1.807, 2.05) is 31.2 Å². The lowest BCUT2D eigenvalue weighted by atomic mass is 10.1. The van der Waals surface area contributed by atoms with Crippen LogP contribution >= 0.6 is 0 Å². The fourth-order valence-electron chi connectivity index (χ4n) is 2.23. The number of aryl methyl sites for hydroxylation is 1. The number of carboxylic acid groups (broad SMARTS) is 1. The van der Waals surface area contributed by atoms with Crippen LogP contribution < -0.4 is 4.31 Å². The van der Waals surface area contributed by atoms with E-state index in [0.29, 0.717) is 0 Å². The van der Waals surface area contributed by atoms with Gasteiger partial charge in [-0.2, -0.15) is 0 Å². The maximum Gasteiger partial charge on any atom is 0.337 e. The zero-order chi connectivity index (χ0) is 16.3. The zero-order valence-electron chi connectivity index (χ0n) is 12.4. The highest BCUT2D eigenvalue weighted by molar-refractivity contribution is 7.92. The van der Waals surface area contributed by atoms with Crippen molar-refractivity contribution >= 4 is 21.7 Å². The van der Waals surface area contributed by atoms with Crippen LogP contribution in [0.2, 0.25) is 0 Å². The molecule has 2 aromatic rings. The normalized spacial score (nSPS) is 11.2. The van der Waals surface area contributed by atoms with E-state index in [-0.39, 0.29) is 17.8 Å². The summed E-state index contributed by atoms with van der Waals surface area (Å²) < 4.78 is 25.4. The molecule has 5 nitrogen and oxygen atoms in total. The van der Waals surface area contributed by atoms with E-state index in [0.717, 1.165) is 21.7 Å². The van der Waals surface area contributed by atoms with Crippen LogP contribution in [0.25, 0.3) is 0 Å². The number of hydrogen-bond acceptors (Lipinski definition) is 3. The van der Waals surface area contributed by atoms with Gasteiger partial charge in [-0.25, -0.2) is 13.2 Å². The van der Waals surface area contributed by atoms with Gasteiger partial charge in [-0.15, -0.1) is 0 Å². The molecule has 0 aliphatic carbocycles. The molecule has 0 bridgehead atoms. The second-order valence-electron chi connectivity index (χ2n) is 5.08. The van der Waals surface area contributed by atoms with Crippen LogP contribution in [0.4, 0.5) is 5.69 Å². The van der Waals surface area contributed by atoms with Crippen molar-refractivity contribution in [1.29, 1.82) is 0 Å². The Bertz CT molecular complexity index is 799. The molecule has 1 N–H and O–H groups in total. The standard InChI is InChI=1S/C16H17NO4S/c1-12-6-5-7-13(10-12)11-17(22(2,20)21)15-9-4-3-8-14(15)16(18)19/h3-10H,11H2,1-2H3,(H,18,19). The molecule has 0 aliphatic heterocycles. The third-order valence-corrected chi connectivity index (χ3v) is 4.34. The molecule has 0 spiro atoms. The van der Waals surface area contributed by atoms with E-state index in [1.165, 1.54) is 12.1 Å². The third kappa shape index (κ3) is 3.65. The highest BCUT2D eigenvalue weighted by Crippen LogP contribution is 2.25. The molecule has 0 heterocycles. The zero-order valence-corrected chi connectivity index (χ0v) is 13.2. The number of carboxylic acids is 1. The van der Waals surface area contributed by atoms with Crippen LogP contribution in [0.3, 0.4) is 0 Å². The summed E-state index contributed by atoms with van der Waals surface area (Å²) in [5, 5.41) is 9.27. The summed E-state index contributed by atoms with van der Waals surface area (Å²) in [4.78, 5) is 11.3. The Hall–Kier alpha value is -2.34. The van der Waals surface area contributed by atoms with Crippen LogP contribution in [-0.2, 0) is 16.6 Å². The lowest BCUT2D eigenvalue weighted by molar-refractivity contribution is 0.0697. The number of rotatable bonds is 5. The van der Waals surface area contributed by atoms with Crippen molar-refractivity contribution in [3.8, 4) is 0 Å². The van der Waals surface area contributed by atoms with Crippen molar-refractivity contribution in [3.05, 3.63) is 65.2 Å². The number of anilines is 1. The number of hydrogen-bond donors (Lipinski definition) is 1. The van der Waals surface area contributed by atoms with E-state index >= 15 is 0 Å². The van der Waals surface area contributed by atoms with Gasteiger partial charge in [-0.1, -0.05) is 42.0 Å². The molecule has 0 aliphatic rings. The number of carbonyl (C=O) groups is 1. The summed E-state index contributed by atoms with van der Waals surface area (Å²) in [6.07, 6.45) is 1.07. The summed E-state index contributed by atoms with van der Waals surface area (Å²) in [7, 11) is -3.62.